The Morgan fingerprint density at radius 3 is 2.47 bits per heavy atom. The number of hydrogen-bond donors (Lipinski definition) is 3. The minimum Gasteiger partial charge on any atom is -0.330 e. The van der Waals surface area contributed by atoms with Gasteiger partial charge in [0.2, 0.25) is 0 Å². The number of hydrogen-bond acceptors (Lipinski definition) is 3. The fourth-order valence-electron chi connectivity index (χ4n) is 3.07. The number of nitrogens with two attached hydrogens (primary N) is 1. The molecule has 2 rings (SSSR count). The lowest BCUT2D eigenvalue weighted by Gasteiger charge is -2.37. The van der Waals surface area contributed by atoms with E-state index in [-0.39, 0.29) is 0 Å². The van der Waals surface area contributed by atoms with Crippen molar-refractivity contribution in [2.45, 2.75) is 38.1 Å². The molecule has 0 aromatic rings. The lowest BCUT2D eigenvalue weighted by atomic mass is 9.82. The van der Waals surface area contributed by atoms with Crippen LogP contribution in [0.1, 0.15) is 32.1 Å². The second-order valence-corrected chi connectivity index (χ2v) is 5.12. The lowest BCUT2D eigenvalue weighted by molar-refractivity contribution is 0.208. The van der Waals surface area contributed by atoms with Gasteiger partial charge in [-0.1, -0.05) is 0 Å². The first-order valence-electron chi connectivity index (χ1n) is 6.54. The van der Waals surface area contributed by atoms with Gasteiger partial charge in [-0.05, 0) is 70.1 Å². The molecular formula is C12H25N3. The molecule has 88 valence electrons. The topological polar surface area (TPSA) is 50.1 Å². The molecule has 2 atom stereocenters. The second kappa shape index (κ2) is 5.83. The van der Waals surface area contributed by atoms with Crippen LogP contribution in [0.2, 0.25) is 0 Å². The monoisotopic (exact) mass is 211 g/mol. The van der Waals surface area contributed by atoms with Gasteiger partial charge in [0.1, 0.15) is 0 Å². The van der Waals surface area contributed by atoms with Crippen molar-refractivity contribution in [2.75, 3.05) is 26.2 Å². The Bertz CT molecular complexity index is 170. The van der Waals surface area contributed by atoms with E-state index < -0.39 is 0 Å². The molecule has 3 heteroatoms. The molecule has 0 aromatic heterocycles. The van der Waals surface area contributed by atoms with Crippen molar-refractivity contribution >= 4 is 0 Å². The zero-order valence-corrected chi connectivity index (χ0v) is 9.67. The zero-order valence-electron chi connectivity index (χ0n) is 9.67. The van der Waals surface area contributed by atoms with E-state index in [1.54, 1.807) is 0 Å². The van der Waals surface area contributed by atoms with Gasteiger partial charge in [0, 0.05) is 6.04 Å². The van der Waals surface area contributed by atoms with E-state index in [2.05, 4.69) is 10.6 Å². The number of piperidine rings is 2. The van der Waals surface area contributed by atoms with Crippen LogP contribution in [0.25, 0.3) is 0 Å². The van der Waals surface area contributed by atoms with Crippen molar-refractivity contribution in [3.05, 3.63) is 0 Å². The standard InChI is InChI=1S/C12H25N3/c13-6-3-10-1-2-12(15-9-10)11-4-7-14-8-5-11/h10-12,14-15H,1-9,13H2. The van der Waals surface area contributed by atoms with E-state index in [9.17, 15) is 0 Å². The highest BCUT2D eigenvalue weighted by molar-refractivity contribution is 4.85. The molecule has 0 spiro atoms. The summed E-state index contributed by atoms with van der Waals surface area (Å²) in [6.07, 6.45) is 6.68. The fraction of sp³-hybridized carbons (Fsp3) is 1.00. The van der Waals surface area contributed by atoms with E-state index in [0.717, 1.165) is 24.4 Å². The minimum atomic E-state index is 0.793. The molecule has 0 aliphatic carbocycles. The van der Waals surface area contributed by atoms with Crippen LogP contribution in [0.3, 0.4) is 0 Å². The molecule has 2 aliphatic heterocycles. The molecule has 0 aromatic carbocycles. The number of rotatable bonds is 3. The summed E-state index contributed by atoms with van der Waals surface area (Å²) in [5, 5.41) is 7.18. The predicted octanol–water partition coefficient (Wildman–Crippen LogP) is 0.703. The van der Waals surface area contributed by atoms with E-state index in [1.165, 1.54) is 51.7 Å². The molecule has 0 amide bonds. The van der Waals surface area contributed by atoms with Crippen molar-refractivity contribution in [2.24, 2.45) is 17.6 Å². The van der Waals surface area contributed by atoms with Crippen LogP contribution in [0.5, 0.6) is 0 Å². The second-order valence-electron chi connectivity index (χ2n) is 5.12. The Balaban J connectivity index is 1.72. The normalized spacial score (nSPS) is 34.2. The smallest absolute Gasteiger partial charge is 0.00964 e. The third kappa shape index (κ3) is 3.16. The highest BCUT2D eigenvalue weighted by atomic mass is 15.0. The molecule has 0 radical (unpaired) electrons. The van der Waals surface area contributed by atoms with Crippen molar-refractivity contribution < 1.29 is 0 Å². The summed E-state index contributed by atoms with van der Waals surface area (Å²) in [5.74, 6) is 1.76. The fourth-order valence-corrected chi connectivity index (χ4v) is 3.07. The van der Waals surface area contributed by atoms with Crippen LogP contribution in [0, 0.1) is 11.8 Å². The summed E-state index contributed by atoms with van der Waals surface area (Å²) in [6.45, 7) is 4.49. The van der Waals surface area contributed by atoms with E-state index in [4.69, 9.17) is 5.73 Å². The molecule has 2 unspecified atom stereocenters. The van der Waals surface area contributed by atoms with Gasteiger partial charge >= 0.3 is 0 Å². The van der Waals surface area contributed by atoms with Gasteiger partial charge in [0.25, 0.3) is 0 Å². The summed E-state index contributed by atoms with van der Waals surface area (Å²) in [4.78, 5) is 0. The Morgan fingerprint density at radius 1 is 1.07 bits per heavy atom. The molecule has 2 heterocycles. The summed E-state index contributed by atoms with van der Waals surface area (Å²) < 4.78 is 0. The zero-order chi connectivity index (χ0) is 10.5. The van der Waals surface area contributed by atoms with Crippen LogP contribution >= 0.6 is 0 Å². The van der Waals surface area contributed by atoms with Crippen LogP contribution in [0.15, 0.2) is 0 Å². The van der Waals surface area contributed by atoms with Gasteiger partial charge in [-0.3, -0.25) is 0 Å². The summed E-state index contributed by atoms with van der Waals surface area (Å²) in [7, 11) is 0. The maximum absolute atomic E-state index is 5.60. The first kappa shape index (κ1) is 11.4. The maximum atomic E-state index is 5.60. The van der Waals surface area contributed by atoms with Crippen molar-refractivity contribution in [3.63, 3.8) is 0 Å². The van der Waals surface area contributed by atoms with Crippen LogP contribution in [-0.2, 0) is 0 Å². The quantitative estimate of drug-likeness (QED) is 0.644. The molecular weight excluding hydrogens is 186 g/mol. The average molecular weight is 211 g/mol. The third-order valence-corrected chi connectivity index (χ3v) is 4.08. The molecule has 0 saturated carbocycles. The average Bonchev–Trinajstić information content (AvgIpc) is 2.32. The Hall–Kier alpha value is -0.120. The maximum Gasteiger partial charge on any atom is 0.00964 e. The highest BCUT2D eigenvalue weighted by Crippen LogP contribution is 2.25. The lowest BCUT2D eigenvalue weighted by Crippen LogP contribution is -2.46. The summed E-state index contributed by atoms with van der Waals surface area (Å²) in [5.41, 5.74) is 5.60. The Morgan fingerprint density at radius 2 is 1.87 bits per heavy atom. The summed E-state index contributed by atoms with van der Waals surface area (Å²) >= 11 is 0. The largest absolute Gasteiger partial charge is 0.330 e. The van der Waals surface area contributed by atoms with Gasteiger partial charge in [0.15, 0.2) is 0 Å². The molecule has 2 aliphatic rings. The van der Waals surface area contributed by atoms with Crippen LogP contribution < -0.4 is 16.4 Å². The Labute approximate surface area is 93.2 Å². The highest BCUT2D eigenvalue weighted by Gasteiger charge is 2.27. The van der Waals surface area contributed by atoms with Gasteiger partial charge in [-0.2, -0.15) is 0 Å². The van der Waals surface area contributed by atoms with Gasteiger partial charge < -0.3 is 16.4 Å². The van der Waals surface area contributed by atoms with Crippen molar-refractivity contribution in [1.29, 1.82) is 0 Å². The molecule has 15 heavy (non-hydrogen) atoms. The van der Waals surface area contributed by atoms with E-state index >= 15 is 0 Å². The van der Waals surface area contributed by atoms with E-state index in [0.29, 0.717) is 0 Å². The van der Waals surface area contributed by atoms with Gasteiger partial charge in [-0.15, -0.1) is 0 Å². The van der Waals surface area contributed by atoms with Gasteiger partial charge in [0.05, 0.1) is 0 Å². The first-order valence-corrected chi connectivity index (χ1v) is 6.54. The summed E-state index contributed by atoms with van der Waals surface area (Å²) in [6, 6.07) is 0.793. The predicted molar refractivity (Wildman–Crippen MR) is 63.8 cm³/mol. The molecule has 0 bridgehead atoms. The van der Waals surface area contributed by atoms with Crippen LogP contribution in [-0.4, -0.2) is 32.2 Å². The van der Waals surface area contributed by atoms with E-state index in [1.807, 2.05) is 0 Å². The first-order chi connectivity index (χ1) is 7.40. The molecule has 3 nitrogen and oxygen atoms in total. The number of nitrogens with one attached hydrogen (secondary N) is 2. The molecule has 2 saturated heterocycles. The Kier molecular flexibility index (Phi) is 4.42. The molecule has 2 fully saturated rings. The van der Waals surface area contributed by atoms with Crippen molar-refractivity contribution in [3.8, 4) is 0 Å². The third-order valence-electron chi connectivity index (χ3n) is 4.08. The molecule has 4 N–H and O–H groups in total. The van der Waals surface area contributed by atoms with Gasteiger partial charge in [-0.25, -0.2) is 0 Å². The minimum absolute atomic E-state index is 0.793. The SMILES string of the molecule is NCCC1CCC(C2CCNCC2)NC1. The van der Waals surface area contributed by atoms with Crippen LogP contribution in [0.4, 0.5) is 0 Å². The van der Waals surface area contributed by atoms with Crippen molar-refractivity contribution in [1.82, 2.24) is 10.6 Å².